The molecule has 0 aromatic heterocycles. The van der Waals surface area contributed by atoms with Crippen LogP contribution in [0.15, 0.2) is 36.5 Å². The quantitative estimate of drug-likeness (QED) is 0.622. The van der Waals surface area contributed by atoms with Crippen LogP contribution in [0.3, 0.4) is 0 Å². The lowest BCUT2D eigenvalue weighted by Crippen LogP contribution is -2.26. The number of nitrogens with zero attached hydrogens (tertiary/aromatic N) is 1. The van der Waals surface area contributed by atoms with Crippen molar-refractivity contribution in [2.75, 3.05) is 10.2 Å². The highest BCUT2D eigenvalue weighted by molar-refractivity contribution is 5.78. The Labute approximate surface area is 71.5 Å². The molecule has 1 aromatic rings. The van der Waals surface area contributed by atoms with Crippen LogP contribution in [-0.4, -0.2) is 6.17 Å². The minimum absolute atomic E-state index is 0.474. The van der Waals surface area contributed by atoms with Gasteiger partial charge in [-0.3, -0.25) is 0 Å². The predicted octanol–water partition coefficient (Wildman–Crippen LogP) is 2.16. The maximum Gasteiger partial charge on any atom is 0.107 e. The zero-order valence-corrected chi connectivity index (χ0v) is 6.70. The van der Waals surface area contributed by atoms with Crippen LogP contribution in [0.4, 0.5) is 11.4 Å². The summed E-state index contributed by atoms with van der Waals surface area (Å²) in [5, 5.41) is 3.46. The van der Waals surface area contributed by atoms with Crippen LogP contribution in [0.25, 0.3) is 0 Å². The molecule has 12 heavy (non-hydrogen) atoms. The number of benzene rings is 1. The number of rotatable bonds is 0. The molecule has 60 valence electrons. The van der Waals surface area contributed by atoms with E-state index in [1.165, 1.54) is 11.4 Å². The van der Waals surface area contributed by atoms with E-state index in [4.69, 9.17) is 0 Å². The molecule has 0 bridgehead atoms. The average Bonchev–Trinajstić information content (AvgIpc) is 2.62. The monoisotopic (exact) mass is 158 g/mol. The van der Waals surface area contributed by atoms with Gasteiger partial charge in [0.25, 0.3) is 0 Å². The molecule has 0 amide bonds. The van der Waals surface area contributed by atoms with E-state index >= 15 is 0 Å². The molecule has 1 atom stereocenters. The summed E-state index contributed by atoms with van der Waals surface area (Å²) >= 11 is 0. The molecule has 3 rings (SSSR count). The van der Waals surface area contributed by atoms with Gasteiger partial charge in [0.15, 0.2) is 0 Å². The van der Waals surface area contributed by atoms with Gasteiger partial charge in [0.2, 0.25) is 0 Å². The molecule has 1 aromatic carbocycles. The molecule has 2 heteroatoms. The van der Waals surface area contributed by atoms with E-state index in [-0.39, 0.29) is 0 Å². The maximum atomic E-state index is 3.46. The van der Waals surface area contributed by atoms with Crippen LogP contribution in [-0.2, 0) is 0 Å². The third-order valence-corrected chi connectivity index (χ3v) is 2.47. The molecule has 2 nitrogen and oxygen atoms in total. The fourth-order valence-corrected chi connectivity index (χ4v) is 1.90. The van der Waals surface area contributed by atoms with Crippen LogP contribution in [0.1, 0.15) is 6.42 Å². The summed E-state index contributed by atoms with van der Waals surface area (Å²) in [6.45, 7) is 0. The lowest BCUT2D eigenvalue weighted by Gasteiger charge is -2.15. The first kappa shape index (κ1) is 6.12. The third-order valence-electron chi connectivity index (χ3n) is 2.47. The van der Waals surface area contributed by atoms with Gasteiger partial charge in [-0.25, -0.2) is 0 Å². The molecule has 2 aliphatic heterocycles. The molecule has 0 radical (unpaired) electrons. The van der Waals surface area contributed by atoms with Crippen molar-refractivity contribution in [2.24, 2.45) is 0 Å². The summed E-state index contributed by atoms with van der Waals surface area (Å²) in [6, 6.07) is 8.42. The van der Waals surface area contributed by atoms with Gasteiger partial charge in [0, 0.05) is 12.6 Å². The number of hydrogen-bond donors (Lipinski definition) is 1. The molecular formula is C10H10N2. The standard InChI is InChI=1S/C10H10N2/c1-2-5-9-8(4-1)11-10-6-3-7-12(9)10/h1-5,7,10-11H,6H2. The Bertz CT molecular complexity index is 343. The van der Waals surface area contributed by atoms with Crippen LogP contribution in [0.5, 0.6) is 0 Å². The molecule has 0 saturated carbocycles. The van der Waals surface area contributed by atoms with Crippen LogP contribution < -0.4 is 10.2 Å². The van der Waals surface area contributed by atoms with Gasteiger partial charge in [0.05, 0.1) is 11.4 Å². The third kappa shape index (κ3) is 0.644. The second-order valence-electron chi connectivity index (χ2n) is 3.21. The van der Waals surface area contributed by atoms with E-state index in [1.54, 1.807) is 0 Å². The van der Waals surface area contributed by atoms with E-state index in [9.17, 15) is 0 Å². The van der Waals surface area contributed by atoms with Gasteiger partial charge >= 0.3 is 0 Å². The van der Waals surface area contributed by atoms with Crippen molar-refractivity contribution in [1.29, 1.82) is 0 Å². The summed E-state index contributed by atoms with van der Waals surface area (Å²) in [4.78, 5) is 2.29. The Morgan fingerprint density at radius 3 is 3.25 bits per heavy atom. The molecular weight excluding hydrogens is 148 g/mol. The lowest BCUT2D eigenvalue weighted by molar-refractivity contribution is 0.809. The first-order valence-electron chi connectivity index (χ1n) is 4.26. The van der Waals surface area contributed by atoms with Crippen molar-refractivity contribution in [3.63, 3.8) is 0 Å². The van der Waals surface area contributed by atoms with Gasteiger partial charge in [-0.1, -0.05) is 18.2 Å². The van der Waals surface area contributed by atoms with E-state index in [2.05, 4.69) is 46.8 Å². The van der Waals surface area contributed by atoms with E-state index < -0.39 is 0 Å². The highest BCUT2D eigenvalue weighted by atomic mass is 15.3. The fourth-order valence-electron chi connectivity index (χ4n) is 1.90. The second kappa shape index (κ2) is 2.03. The summed E-state index contributed by atoms with van der Waals surface area (Å²) in [7, 11) is 0. The minimum Gasteiger partial charge on any atom is -0.363 e. The van der Waals surface area contributed by atoms with Crippen LogP contribution in [0.2, 0.25) is 0 Å². The first-order valence-corrected chi connectivity index (χ1v) is 4.26. The van der Waals surface area contributed by atoms with Crippen molar-refractivity contribution >= 4 is 11.4 Å². The molecule has 0 fully saturated rings. The van der Waals surface area contributed by atoms with Crippen molar-refractivity contribution in [3.05, 3.63) is 36.5 Å². The van der Waals surface area contributed by atoms with Crippen molar-refractivity contribution in [2.45, 2.75) is 12.6 Å². The molecule has 1 unspecified atom stereocenters. The predicted molar refractivity (Wildman–Crippen MR) is 50.1 cm³/mol. The second-order valence-corrected chi connectivity index (χ2v) is 3.21. The number of hydrogen-bond acceptors (Lipinski definition) is 2. The zero-order chi connectivity index (χ0) is 7.97. The van der Waals surface area contributed by atoms with Crippen LogP contribution in [0, 0.1) is 0 Å². The first-order chi connectivity index (χ1) is 5.95. The number of para-hydroxylation sites is 2. The molecule has 2 aliphatic rings. The number of fused-ring (bicyclic) bond motifs is 3. The number of nitrogens with one attached hydrogen (secondary N) is 1. The van der Waals surface area contributed by atoms with Gasteiger partial charge in [-0.15, -0.1) is 0 Å². The summed E-state index contributed by atoms with van der Waals surface area (Å²) < 4.78 is 0. The smallest absolute Gasteiger partial charge is 0.107 e. The lowest BCUT2D eigenvalue weighted by atomic mass is 10.3. The topological polar surface area (TPSA) is 15.3 Å². The maximum absolute atomic E-state index is 3.46. The highest BCUT2D eigenvalue weighted by Crippen LogP contribution is 2.37. The Hall–Kier alpha value is -1.44. The van der Waals surface area contributed by atoms with Gasteiger partial charge in [0.1, 0.15) is 6.17 Å². The number of anilines is 2. The molecule has 0 saturated heterocycles. The highest BCUT2D eigenvalue weighted by Gasteiger charge is 2.28. The molecule has 0 aliphatic carbocycles. The average molecular weight is 158 g/mol. The van der Waals surface area contributed by atoms with E-state index in [1.807, 2.05) is 0 Å². The molecule has 0 spiro atoms. The normalized spacial score (nSPS) is 23.7. The van der Waals surface area contributed by atoms with Gasteiger partial charge in [-0.05, 0) is 12.1 Å². The zero-order valence-electron chi connectivity index (χ0n) is 6.70. The molecule has 1 N–H and O–H groups in total. The Morgan fingerprint density at radius 2 is 2.25 bits per heavy atom. The summed E-state index contributed by atoms with van der Waals surface area (Å²) in [6.07, 6.45) is 5.94. The summed E-state index contributed by atoms with van der Waals surface area (Å²) in [5.74, 6) is 0. The van der Waals surface area contributed by atoms with Gasteiger partial charge in [-0.2, -0.15) is 0 Å². The Morgan fingerprint density at radius 1 is 1.33 bits per heavy atom. The largest absolute Gasteiger partial charge is 0.363 e. The Kier molecular flexibility index (Phi) is 1.04. The van der Waals surface area contributed by atoms with Crippen LogP contribution >= 0.6 is 0 Å². The van der Waals surface area contributed by atoms with E-state index in [0.29, 0.717) is 6.17 Å². The molecule has 2 heterocycles. The van der Waals surface area contributed by atoms with Crippen molar-refractivity contribution < 1.29 is 0 Å². The fraction of sp³-hybridized carbons (Fsp3) is 0.200. The SMILES string of the molecule is C1=CN2c3ccccc3NC2C1. The summed E-state index contributed by atoms with van der Waals surface area (Å²) in [5.41, 5.74) is 2.56. The minimum atomic E-state index is 0.474. The van der Waals surface area contributed by atoms with Crippen molar-refractivity contribution in [1.82, 2.24) is 0 Å². The van der Waals surface area contributed by atoms with Crippen molar-refractivity contribution in [3.8, 4) is 0 Å². The Balaban J connectivity index is 2.14. The van der Waals surface area contributed by atoms with Gasteiger partial charge < -0.3 is 10.2 Å². The van der Waals surface area contributed by atoms with E-state index in [0.717, 1.165) is 6.42 Å².